The highest BCUT2D eigenvalue weighted by Crippen LogP contribution is 2.19. The molecule has 0 N–H and O–H groups in total. The second-order valence-corrected chi connectivity index (χ2v) is 5.46. The van der Waals surface area contributed by atoms with Crippen LogP contribution in [-0.4, -0.2) is 21.0 Å². The molecule has 0 amide bonds. The van der Waals surface area contributed by atoms with E-state index < -0.39 is 23.3 Å². The van der Waals surface area contributed by atoms with Gasteiger partial charge in [-0.25, -0.2) is 22.5 Å². The third kappa shape index (κ3) is 3.12. The highest BCUT2D eigenvalue weighted by Gasteiger charge is 2.15. The molecule has 0 saturated carbocycles. The minimum atomic E-state index is -0.965. The zero-order valence-electron chi connectivity index (χ0n) is 12.9. The molecule has 2 aromatic carbocycles. The van der Waals surface area contributed by atoms with Crippen LogP contribution in [-0.2, 0) is 13.2 Å². The lowest BCUT2D eigenvalue weighted by Crippen LogP contribution is -2.26. The number of fused-ring (bicyclic) bond motifs is 1. The smallest absolute Gasteiger partial charge is 0.161 e. The van der Waals surface area contributed by atoms with Crippen LogP contribution in [0.2, 0.25) is 0 Å². The molecule has 126 valence electrons. The monoisotopic (exact) mass is 337 g/mol. The summed E-state index contributed by atoms with van der Waals surface area (Å²) in [5.41, 5.74) is 0.712. The average Bonchev–Trinajstić information content (AvgIpc) is 2.92. The van der Waals surface area contributed by atoms with Crippen LogP contribution >= 0.6 is 0 Å². The van der Waals surface area contributed by atoms with Crippen LogP contribution in [0.25, 0.3) is 11.0 Å². The van der Waals surface area contributed by atoms with Crippen LogP contribution in [0.4, 0.5) is 17.6 Å². The summed E-state index contributed by atoms with van der Waals surface area (Å²) < 4.78 is 55.9. The Balaban J connectivity index is 1.87. The molecular weight excluding hydrogens is 322 g/mol. The highest BCUT2D eigenvalue weighted by atomic mass is 19.2. The number of nitrogens with zero attached hydrogens (tertiary/aromatic N) is 3. The van der Waals surface area contributed by atoms with Crippen LogP contribution in [0.5, 0.6) is 0 Å². The molecule has 0 aliphatic rings. The summed E-state index contributed by atoms with van der Waals surface area (Å²) in [4.78, 5) is 5.80. The van der Waals surface area contributed by atoms with Gasteiger partial charge < -0.3 is 4.57 Å². The first-order valence-corrected chi connectivity index (χ1v) is 7.44. The van der Waals surface area contributed by atoms with Crippen molar-refractivity contribution in [2.45, 2.75) is 20.1 Å². The maximum Gasteiger partial charge on any atom is 0.161 e. The van der Waals surface area contributed by atoms with Crippen molar-refractivity contribution in [1.82, 2.24) is 14.5 Å². The van der Waals surface area contributed by atoms with Gasteiger partial charge in [0.2, 0.25) is 0 Å². The van der Waals surface area contributed by atoms with E-state index in [1.807, 2.05) is 6.92 Å². The zero-order chi connectivity index (χ0) is 17.3. The van der Waals surface area contributed by atoms with Crippen molar-refractivity contribution in [3.63, 3.8) is 0 Å². The molecule has 0 radical (unpaired) electrons. The molecule has 0 fully saturated rings. The summed E-state index contributed by atoms with van der Waals surface area (Å²) in [5, 5.41) is 0. The first-order chi connectivity index (χ1) is 11.5. The average molecular weight is 337 g/mol. The Bertz CT molecular complexity index is 855. The molecule has 24 heavy (non-hydrogen) atoms. The number of hydrogen-bond donors (Lipinski definition) is 0. The van der Waals surface area contributed by atoms with Crippen LogP contribution in [0, 0.1) is 23.3 Å². The summed E-state index contributed by atoms with van der Waals surface area (Å²) in [6.07, 6.45) is 1.45. The summed E-state index contributed by atoms with van der Waals surface area (Å²) >= 11 is 0. The van der Waals surface area contributed by atoms with Gasteiger partial charge in [-0.05, 0) is 18.7 Å². The largest absolute Gasteiger partial charge is 0.317 e. The van der Waals surface area contributed by atoms with E-state index in [2.05, 4.69) is 4.98 Å². The maximum atomic E-state index is 13.8. The van der Waals surface area contributed by atoms with Crippen LogP contribution in [0.15, 0.2) is 36.7 Å². The Kier molecular flexibility index (Phi) is 4.53. The van der Waals surface area contributed by atoms with Crippen molar-refractivity contribution in [1.29, 1.82) is 0 Å². The molecule has 0 aliphatic carbocycles. The number of aromatic nitrogens is 2. The van der Waals surface area contributed by atoms with E-state index >= 15 is 0 Å². The lowest BCUT2D eigenvalue weighted by molar-refractivity contribution is 0.218. The molecule has 0 unspecified atom stereocenters. The van der Waals surface area contributed by atoms with Crippen molar-refractivity contribution in [3.8, 4) is 0 Å². The normalized spacial score (nSPS) is 11.6. The summed E-state index contributed by atoms with van der Waals surface area (Å²) in [5.74, 6) is -3.16. The number of hydrogen-bond acceptors (Lipinski definition) is 2. The standard InChI is InChI=1S/C17H15F4N3/c1-2-23(8-11-12(18)4-3-5-13(11)19)10-24-9-22-16-6-14(20)15(21)7-17(16)24/h3-7,9H,2,8,10H2,1H3. The first kappa shape index (κ1) is 16.4. The third-order valence-corrected chi connectivity index (χ3v) is 3.91. The summed E-state index contributed by atoms with van der Waals surface area (Å²) in [6, 6.07) is 5.81. The van der Waals surface area contributed by atoms with Gasteiger partial charge in [0, 0.05) is 24.2 Å². The van der Waals surface area contributed by atoms with E-state index in [1.165, 1.54) is 24.5 Å². The van der Waals surface area contributed by atoms with Gasteiger partial charge in [-0.15, -0.1) is 0 Å². The van der Waals surface area contributed by atoms with Gasteiger partial charge in [0.05, 0.1) is 24.0 Å². The number of imidazole rings is 1. The number of benzene rings is 2. The topological polar surface area (TPSA) is 21.1 Å². The molecule has 3 aromatic rings. The Morgan fingerprint density at radius 1 is 1.00 bits per heavy atom. The fourth-order valence-electron chi connectivity index (χ4n) is 2.55. The summed E-state index contributed by atoms with van der Waals surface area (Å²) in [7, 11) is 0. The second kappa shape index (κ2) is 6.60. The fourth-order valence-corrected chi connectivity index (χ4v) is 2.55. The Labute approximate surface area is 136 Å². The molecule has 1 heterocycles. The van der Waals surface area contributed by atoms with E-state index in [0.717, 1.165) is 12.1 Å². The van der Waals surface area contributed by atoms with Gasteiger partial charge in [0.25, 0.3) is 0 Å². The van der Waals surface area contributed by atoms with E-state index in [1.54, 1.807) is 9.47 Å². The first-order valence-electron chi connectivity index (χ1n) is 7.44. The minimum Gasteiger partial charge on any atom is -0.317 e. The molecule has 7 heteroatoms. The molecule has 0 bridgehead atoms. The van der Waals surface area contributed by atoms with Gasteiger partial charge in [-0.2, -0.15) is 0 Å². The van der Waals surface area contributed by atoms with Gasteiger partial charge in [-0.1, -0.05) is 13.0 Å². The highest BCUT2D eigenvalue weighted by molar-refractivity contribution is 5.75. The molecule has 0 aliphatic heterocycles. The molecule has 0 saturated heterocycles. The SMILES string of the molecule is CCN(Cc1c(F)cccc1F)Cn1cnc2cc(F)c(F)cc21. The second-order valence-electron chi connectivity index (χ2n) is 5.46. The molecule has 1 aromatic heterocycles. The maximum absolute atomic E-state index is 13.8. The quantitative estimate of drug-likeness (QED) is 0.655. The van der Waals surface area contributed by atoms with Gasteiger partial charge in [-0.3, -0.25) is 4.90 Å². The third-order valence-electron chi connectivity index (χ3n) is 3.91. The van der Waals surface area contributed by atoms with Crippen LogP contribution in [0.3, 0.4) is 0 Å². The molecular formula is C17H15F4N3. The van der Waals surface area contributed by atoms with Crippen molar-refractivity contribution in [3.05, 3.63) is 65.5 Å². The molecule has 0 spiro atoms. The Hall–Kier alpha value is -2.41. The fraction of sp³-hybridized carbons (Fsp3) is 0.235. The zero-order valence-corrected chi connectivity index (χ0v) is 12.9. The molecule has 3 nitrogen and oxygen atoms in total. The predicted octanol–water partition coefficient (Wildman–Crippen LogP) is 4.07. The lowest BCUT2D eigenvalue weighted by atomic mass is 10.2. The number of halogens is 4. The van der Waals surface area contributed by atoms with E-state index in [0.29, 0.717) is 17.6 Å². The Morgan fingerprint density at radius 3 is 2.33 bits per heavy atom. The van der Waals surface area contributed by atoms with Gasteiger partial charge >= 0.3 is 0 Å². The van der Waals surface area contributed by atoms with Crippen molar-refractivity contribution >= 4 is 11.0 Å². The van der Waals surface area contributed by atoms with Crippen molar-refractivity contribution < 1.29 is 17.6 Å². The van der Waals surface area contributed by atoms with Crippen LogP contribution < -0.4 is 0 Å². The van der Waals surface area contributed by atoms with Crippen LogP contribution in [0.1, 0.15) is 12.5 Å². The lowest BCUT2D eigenvalue weighted by Gasteiger charge is -2.22. The van der Waals surface area contributed by atoms with Gasteiger partial charge in [0.1, 0.15) is 11.6 Å². The van der Waals surface area contributed by atoms with Gasteiger partial charge in [0.15, 0.2) is 11.6 Å². The van der Waals surface area contributed by atoms with E-state index in [4.69, 9.17) is 0 Å². The minimum absolute atomic E-state index is 0.0269. The Morgan fingerprint density at radius 2 is 1.67 bits per heavy atom. The molecule has 3 rings (SSSR count). The number of rotatable bonds is 5. The van der Waals surface area contributed by atoms with E-state index in [-0.39, 0.29) is 18.8 Å². The summed E-state index contributed by atoms with van der Waals surface area (Å²) in [6.45, 7) is 2.65. The van der Waals surface area contributed by atoms with Crippen molar-refractivity contribution in [2.75, 3.05) is 6.54 Å². The van der Waals surface area contributed by atoms with Crippen molar-refractivity contribution in [2.24, 2.45) is 0 Å². The van der Waals surface area contributed by atoms with E-state index in [9.17, 15) is 17.6 Å². The predicted molar refractivity (Wildman–Crippen MR) is 82.1 cm³/mol. The molecule has 0 atom stereocenters.